The van der Waals surface area contributed by atoms with Crippen LogP contribution >= 0.6 is 0 Å². The summed E-state index contributed by atoms with van der Waals surface area (Å²) in [4.78, 5) is 26.6. The lowest BCUT2D eigenvalue weighted by Crippen LogP contribution is -2.22. The number of aromatic amines is 1. The summed E-state index contributed by atoms with van der Waals surface area (Å²) in [5, 5.41) is 4.20. The van der Waals surface area contributed by atoms with Crippen molar-refractivity contribution in [2.24, 2.45) is 5.10 Å². The Morgan fingerprint density at radius 1 is 1.29 bits per heavy atom. The van der Waals surface area contributed by atoms with Crippen LogP contribution in [0.2, 0.25) is 0 Å². The van der Waals surface area contributed by atoms with E-state index < -0.39 is 0 Å². The average molecular weight is 378 g/mol. The van der Waals surface area contributed by atoms with Crippen LogP contribution in [0.1, 0.15) is 60.8 Å². The Morgan fingerprint density at radius 2 is 2.07 bits per heavy atom. The van der Waals surface area contributed by atoms with Gasteiger partial charge in [-0.05, 0) is 62.0 Å². The first-order chi connectivity index (χ1) is 13.6. The van der Waals surface area contributed by atoms with E-state index in [-0.39, 0.29) is 5.91 Å². The van der Waals surface area contributed by atoms with Gasteiger partial charge < -0.3 is 4.98 Å². The standard InChI is InChI=1S/C21H26N6O/c1-4-27(5-2)11-16-13(3)24-18(19(16)14-6-7-14)10-15-20(25-26-21(15)28)17-8-9-22-12-23-17/h8-10,12,14,24H,4-7,11H2,1-3H3,(H,26,28)/b15-10+. The van der Waals surface area contributed by atoms with Gasteiger partial charge in [0.2, 0.25) is 0 Å². The molecule has 0 aromatic carbocycles. The Morgan fingerprint density at radius 3 is 2.71 bits per heavy atom. The molecule has 0 unspecified atom stereocenters. The maximum atomic E-state index is 12.5. The predicted molar refractivity (Wildman–Crippen MR) is 109 cm³/mol. The van der Waals surface area contributed by atoms with E-state index in [1.165, 1.54) is 36.0 Å². The number of carbonyl (C=O) groups excluding carboxylic acids is 1. The first-order valence-corrected chi connectivity index (χ1v) is 9.92. The van der Waals surface area contributed by atoms with Gasteiger partial charge in [0, 0.05) is 24.1 Å². The summed E-state index contributed by atoms with van der Waals surface area (Å²) in [6.45, 7) is 9.49. The lowest BCUT2D eigenvalue weighted by atomic mass is 10.00. The molecule has 2 aromatic rings. The molecular weight excluding hydrogens is 352 g/mol. The first-order valence-electron chi connectivity index (χ1n) is 9.92. The SMILES string of the molecule is CCN(CC)Cc1c(C)[nH]c(/C=C2/C(=O)NN=C2c2ccncn2)c1C1CC1. The van der Waals surface area contributed by atoms with Gasteiger partial charge in [0.1, 0.15) is 12.0 Å². The fourth-order valence-electron chi connectivity index (χ4n) is 3.78. The van der Waals surface area contributed by atoms with Crippen LogP contribution in [0.4, 0.5) is 0 Å². The van der Waals surface area contributed by atoms with E-state index >= 15 is 0 Å². The van der Waals surface area contributed by atoms with Crippen LogP contribution in [0.5, 0.6) is 0 Å². The molecule has 1 amide bonds. The molecule has 0 atom stereocenters. The molecule has 1 aliphatic carbocycles. The highest BCUT2D eigenvalue weighted by molar-refractivity contribution is 6.32. The van der Waals surface area contributed by atoms with Crippen molar-refractivity contribution in [3.63, 3.8) is 0 Å². The van der Waals surface area contributed by atoms with Gasteiger partial charge in [0.05, 0.1) is 11.3 Å². The Labute approximate surface area is 165 Å². The highest BCUT2D eigenvalue weighted by atomic mass is 16.2. The highest BCUT2D eigenvalue weighted by Crippen LogP contribution is 2.45. The smallest absolute Gasteiger partial charge is 0.273 e. The van der Waals surface area contributed by atoms with Crippen molar-refractivity contribution in [2.45, 2.75) is 46.1 Å². The molecule has 0 bridgehead atoms. The minimum absolute atomic E-state index is 0.201. The number of rotatable bonds is 7. The number of amides is 1. The number of aryl methyl sites for hydroxylation is 1. The van der Waals surface area contributed by atoms with Crippen LogP contribution in [0.3, 0.4) is 0 Å². The van der Waals surface area contributed by atoms with Crippen LogP contribution in [-0.4, -0.2) is 44.6 Å². The maximum Gasteiger partial charge on any atom is 0.273 e. The Bertz CT molecular complexity index is 935. The van der Waals surface area contributed by atoms with Crippen LogP contribution in [0.25, 0.3) is 6.08 Å². The number of H-pyrrole nitrogens is 1. The van der Waals surface area contributed by atoms with Crippen molar-refractivity contribution in [3.8, 4) is 0 Å². The lowest BCUT2D eigenvalue weighted by Gasteiger charge is -2.19. The normalized spacial score (nSPS) is 18.1. The third-order valence-electron chi connectivity index (χ3n) is 5.53. The van der Waals surface area contributed by atoms with Gasteiger partial charge in [0.15, 0.2) is 0 Å². The van der Waals surface area contributed by atoms with Gasteiger partial charge in [-0.2, -0.15) is 5.10 Å². The summed E-state index contributed by atoms with van der Waals surface area (Å²) >= 11 is 0. The molecule has 7 nitrogen and oxygen atoms in total. The molecule has 0 spiro atoms. The van der Waals surface area contributed by atoms with Gasteiger partial charge in [-0.15, -0.1) is 0 Å². The van der Waals surface area contributed by atoms with Crippen molar-refractivity contribution in [1.29, 1.82) is 0 Å². The van der Waals surface area contributed by atoms with Gasteiger partial charge in [-0.1, -0.05) is 13.8 Å². The number of nitrogens with zero attached hydrogens (tertiary/aromatic N) is 4. The monoisotopic (exact) mass is 378 g/mol. The van der Waals surface area contributed by atoms with E-state index in [4.69, 9.17) is 0 Å². The third kappa shape index (κ3) is 3.49. The lowest BCUT2D eigenvalue weighted by molar-refractivity contribution is -0.116. The topological polar surface area (TPSA) is 86.3 Å². The van der Waals surface area contributed by atoms with Gasteiger partial charge in [-0.3, -0.25) is 9.69 Å². The number of hydrogen-bond donors (Lipinski definition) is 2. The van der Waals surface area contributed by atoms with Gasteiger partial charge >= 0.3 is 0 Å². The number of carbonyl (C=O) groups is 1. The second kappa shape index (κ2) is 7.67. The van der Waals surface area contributed by atoms with Crippen LogP contribution in [0.15, 0.2) is 29.3 Å². The molecule has 7 heteroatoms. The molecule has 2 aliphatic rings. The second-order valence-electron chi connectivity index (χ2n) is 7.35. The number of hydrogen-bond acceptors (Lipinski definition) is 5. The molecule has 0 radical (unpaired) electrons. The van der Waals surface area contributed by atoms with Gasteiger partial charge in [0.25, 0.3) is 5.91 Å². The van der Waals surface area contributed by atoms with Crippen molar-refractivity contribution >= 4 is 17.7 Å². The summed E-state index contributed by atoms with van der Waals surface area (Å²) in [6.07, 6.45) is 7.47. The zero-order valence-corrected chi connectivity index (χ0v) is 16.6. The Hall–Kier alpha value is -2.80. The molecule has 2 aromatic heterocycles. The van der Waals surface area contributed by atoms with Crippen molar-refractivity contribution in [1.82, 2.24) is 25.3 Å². The minimum atomic E-state index is -0.201. The first kappa shape index (κ1) is 18.6. The largest absolute Gasteiger partial charge is 0.359 e. The molecule has 2 N–H and O–H groups in total. The van der Waals surface area contributed by atoms with Gasteiger partial charge in [-0.25, -0.2) is 15.4 Å². The molecular formula is C21H26N6O. The van der Waals surface area contributed by atoms with Crippen molar-refractivity contribution in [2.75, 3.05) is 13.1 Å². The maximum absolute atomic E-state index is 12.5. The van der Waals surface area contributed by atoms with E-state index in [0.717, 1.165) is 25.3 Å². The zero-order chi connectivity index (χ0) is 19.7. The van der Waals surface area contributed by atoms with E-state index in [1.54, 1.807) is 12.3 Å². The number of nitrogens with one attached hydrogen (secondary N) is 2. The predicted octanol–water partition coefficient (Wildman–Crippen LogP) is 2.75. The highest BCUT2D eigenvalue weighted by Gasteiger charge is 2.32. The molecule has 1 saturated carbocycles. The van der Waals surface area contributed by atoms with Crippen LogP contribution < -0.4 is 5.43 Å². The van der Waals surface area contributed by atoms with E-state index in [1.807, 2.05) is 6.08 Å². The summed E-state index contributed by atoms with van der Waals surface area (Å²) in [5.41, 5.74) is 9.25. The van der Waals surface area contributed by atoms with E-state index in [0.29, 0.717) is 22.9 Å². The quantitative estimate of drug-likeness (QED) is 0.726. The molecule has 3 heterocycles. The Balaban J connectivity index is 1.75. The average Bonchev–Trinajstić information content (AvgIpc) is 3.42. The van der Waals surface area contributed by atoms with E-state index in [9.17, 15) is 4.79 Å². The number of aromatic nitrogens is 3. The van der Waals surface area contributed by atoms with Crippen LogP contribution in [0, 0.1) is 6.92 Å². The molecule has 0 saturated heterocycles. The molecule has 28 heavy (non-hydrogen) atoms. The summed E-state index contributed by atoms with van der Waals surface area (Å²) < 4.78 is 0. The van der Waals surface area contributed by atoms with Crippen molar-refractivity contribution < 1.29 is 4.79 Å². The van der Waals surface area contributed by atoms with Crippen LogP contribution in [-0.2, 0) is 11.3 Å². The summed E-state index contributed by atoms with van der Waals surface area (Å²) in [6, 6.07) is 1.76. The molecule has 1 aliphatic heterocycles. The van der Waals surface area contributed by atoms with E-state index in [2.05, 4.69) is 51.2 Å². The second-order valence-corrected chi connectivity index (χ2v) is 7.35. The summed E-state index contributed by atoms with van der Waals surface area (Å²) in [7, 11) is 0. The molecule has 146 valence electrons. The molecule has 1 fully saturated rings. The fraction of sp³-hybridized carbons (Fsp3) is 0.429. The zero-order valence-electron chi connectivity index (χ0n) is 16.6. The molecule has 4 rings (SSSR count). The fourth-order valence-corrected chi connectivity index (χ4v) is 3.78. The third-order valence-corrected chi connectivity index (χ3v) is 5.53. The van der Waals surface area contributed by atoms with Crippen molar-refractivity contribution in [3.05, 3.63) is 52.4 Å². The Kier molecular flexibility index (Phi) is 5.09. The number of hydrazone groups is 1. The summed E-state index contributed by atoms with van der Waals surface area (Å²) in [5.74, 6) is 0.374. The minimum Gasteiger partial charge on any atom is -0.359 e.